The molecule has 23 heavy (non-hydrogen) atoms. The van der Waals surface area contributed by atoms with E-state index in [0.717, 1.165) is 0 Å². The van der Waals surface area contributed by atoms with Gasteiger partial charge in [-0.25, -0.2) is 22.0 Å². The number of hydrogen-bond donors (Lipinski definition) is 0. The van der Waals surface area contributed by atoms with Crippen molar-refractivity contribution in [2.45, 2.75) is 6.11 Å². The molecule has 0 saturated heterocycles. The van der Waals surface area contributed by atoms with Gasteiger partial charge in [-0.05, 0) is 12.1 Å². The molecular formula is C13H6BrF7MgO. The van der Waals surface area contributed by atoms with Crippen LogP contribution in [0.4, 0.5) is 30.7 Å². The summed E-state index contributed by atoms with van der Waals surface area (Å²) < 4.78 is 97.0. The number of halogens is 8. The van der Waals surface area contributed by atoms with Gasteiger partial charge in [0.15, 0.2) is 17.5 Å². The minimum absolute atomic E-state index is 0. The van der Waals surface area contributed by atoms with E-state index >= 15 is 0 Å². The maximum atomic E-state index is 13.8. The van der Waals surface area contributed by atoms with Crippen molar-refractivity contribution in [3.8, 4) is 5.75 Å². The molecule has 0 atom stereocenters. The van der Waals surface area contributed by atoms with Crippen LogP contribution in [0.3, 0.4) is 0 Å². The van der Waals surface area contributed by atoms with E-state index in [2.05, 4.69) is 20.7 Å². The number of alkyl halides is 2. The zero-order valence-corrected chi connectivity index (χ0v) is 13.9. The Morgan fingerprint density at radius 1 is 0.826 bits per heavy atom. The first-order valence-electron chi connectivity index (χ1n) is 5.48. The van der Waals surface area contributed by atoms with Gasteiger partial charge in [0.25, 0.3) is 0 Å². The second kappa shape index (κ2) is 7.26. The Balaban J connectivity index is 0. The molecule has 1 nitrogen and oxygen atoms in total. The molecule has 0 aromatic heterocycles. The Bertz CT molecular complexity index is 702. The quantitative estimate of drug-likeness (QED) is 0.384. The van der Waals surface area contributed by atoms with E-state index < -0.39 is 46.5 Å². The molecule has 122 valence electrons. The third-order valence-corrected chi connectivity index (χ3v) is 2.96. The summed E-state index contributed by atoms with van der Waals surface area (Å²) in [7, 11) is 0. The van der Waals surface area contributed by atoms with Gasteiger partial charge in [0, 0.05) is 16.6 Å². The van der Waals surface area contributed by atoms with Crippen LogP contribution in [0.2, 0.25) is 0 Å². The molecule has 0 N–H and O–H groups in total. The number of hydrogen-bond acceptors (Lipinski definition) is 1. The van der Waals surface area contributed by atoms with E-state index in [-0.39, 0.29) is 42.5 Å². The van der Waals surface area contributed by atoms with Crippen molar-refractivity contribution in [2.75, 3.05) is 0 Å². The van der Waals surface area contributed by atoms with Crippen LogP contribution in [0, 0.1) is 29.1 Å². The van der Waals surface area contributed by atoms with Gasteiger partial charge in [-0.2, -0.15) is 8.78 Å². The maximum absolute atomic E-state index is 13.8. The molecule has 0 aliphatic carbocycles. The Morgan fingerprint density at radius 2 is 1.26 bits per heavy atom. The minimum Gasteiger partial charge on any atom is -1.00 e. The molecule has 0 saturated carbocycles. The van der Waals surface area contributed by atoms with Crippen LogP contribution in [0.15, 0.2) is 28.7 Å². The van der Waals surface area contributed by atoms with Gasteiger partial charge in [-0.3, -0.25) is 0 Å². The van der Waals surface area contributed by atoms with Crippen molar-refractivity contribution in [3.63, 3.8) is 0 Å². The van der Waals surface area contributed by atoms with Crippen LogP contribution in [-0.4, -0.2) is 23.1 Å². The van der Waals surface area contributed by atoms with Crippen LogP contribution in [0.5, 0.6) is 5.75 Å². The van der Waals surface area contributed by atoms with Crippen LogP contribution >= 0.6 is 15.9 Å². The number of ether oxygens (including phenoxy) is 1. The Hall–Kier alpha value is -1.00. The molecule has 0 unspecified atom stereocenters. The fraction of sp³-hybridized carbons (Fsp3) is 0.0769. The average molecular weight is 415 g/mol. The molecule has 0 radical (unpaired) electrons. The molecule has 2 aromatic rings. The van der Waals surface area contributed by atoms with E-state index in [9.17, 15) is 30.7 Å². The summed E-state index contributed by atoms with van der Waals surface area (Å²) >= 11 is 2.70. The predicted octanol–water partition coefficient (Wildman–Crippen LogP) is 5.12. The first-order valence-corrected chi connectivity index (χ1v) is 6.27. The van der Waals surface area contributed by atoms with E-state index in [1.807, 2.05) is 0 Å². The van der Waals surface area contributed by atoms with E-state index in [0.29, 0.717) is 12.1 Å². The molecule has 0 aliphatic heterocycles. The molecule has 0 aliphatic rings. The summed E-state index contributed by atoms with van der Waals surface area (Å²) in [4.78, 5) is 0. The summed E-state index contributed by atoms with van der Waals surface area (Å²) in [5, 5.41) is 0. The Labute approximate surface area is 152 Å². The normalized spacial score (nSPS) is 11.1. The summed E-state index contributed by atoms with van der Waals surface area (Å²) in [6, 6.07) is 1.37. The van der Waals surface area contributed by atoms with Crippen LogP contribution in [0.25, 0.3) is 0 Å². The third-order valence-electron chi connectivity index (χ3n) is 2.50. The smallest absolute Gasteiger partial charge is 1.00 e. The fourth-order valence-corrected chi connectivity index (χ4v) is 2.01. The first-order chi connectivity index (χ1) is 10.1. The SMILES string of the molecule is Fc1cc(OC(F)(F)c2c(F)cc(Br)cc2F)cc(F)c1F.[H-].[H-].[Mg+2]. The second-order valence-electron chi connectivity index (χ2n) is 4.06. The minimum atomic E-state index is -4.58. The summed E-state index contributed by atoms with van der Waals surface area (Å²) in [5.41, 5.74) is -1.75. The van der Waals surface area contributed by atoms with Gasteiger partial charge >= 0.3 is 29.2 Å². The third kappa shape index (κ3) is 4.30. The van der Waals surface area contributed by atoms with E-state index in [1.165, 1.54) is 0 Å². The molecule has 0 fully saturated rings. The second-order valence-corrected chi connectivity index (χ2v) is 4.98. The largest absolute Gasteiger partial charge is 2.00 e. The fourth-order valence-electron chi connectivity index (χ4n) is 1.61. The summed E-state index contributed by atoms with van der Waals surface area (Å²) in [6.45, 7) is 0. The molecule has 0 amide bonds. The monoisotopic (exact) mass is 414 g/mol. The summed E-state index contributed by atoms with van der Waals surface area (Å²) in [5.74, 6) is -9.88. The van der Waals surface area contributed by atoms with Crippen molar-refractivity contribution < 1.29 is 38.3 Å². The Morgan fingerprint density at radius 3 is 1.70 bits per heavy atom. The van der Waals surface area contributed by atoms with Crippen LogP contribution in [0.1, 0.15) is 8.42 Å². The van der Waals surface area contributed by atoms with Gasteiger partial charge in [0.1, 0.15) is 22.9 Å². The van der Waals surface area contributed by atoms with Crippen molar-refractivity contribution in [1.29, 1.82) is 0 Å². The zero-order chi connectivity index (χ0) is 16.7. The molecule has 0 bridgehead atoms. The molecule has 0 heterocycles. The standard InChI is InChI=1S/C13H4BrF7O.Mg.2H/c14-5-1-7(15)11(8(16)2-5)13(20,21)22-6-3-9(17)12(19)10(18)4-6;;;/h1-4H;;;/q;+2;2*-1. The van der Waals surface area contributed by atoms with Gasteiger partial charge in [-0.15, -0.1) is 0 Å². The maximum Gasteiger partial charge on any atom is 2.00 e. The number of rotatable bonds is 3. The summed E-state index contributed by atoms with van der Waals surface area (Å²) in [6.07, 6.45) is -4.58. The van der Waals surface area contributed by atoms with Crippen LogP contribution < -0.4 is 4.74 Å². The molecular weight excluding hydrogens is 409 g/mol. The van der Waals surface area contributed by atoms with Crippen LogP contribution in [-0.2, 0) is 6.11 Å². The van der Waals surface area contributed by atoms with Crippen molar-refractivity contribution in [2.24, 2.45) is 0 Å². The molecule has 2 aromatic carbocycles. The van der Waals surface area contributed by atoms with Crippen molar-refractivity contribution >= 4 is 39.0 Å². The molecule has 2 rings (SSSR count). The van der Waals surface area contributed by atoms with Gasteiger partial charge in [0.05, 0.1) is 0 Å². The predicted molar refractivity (Wildman–Crippen MR) is 72.9 cm³/mol. The van der Waals surface area contributed by atoms with Crippen molar-refractivity contribution in [3.05, 3.63) is 63.4 Å². The topological polar surface area (TPSA) is 9.23 Å². The van der Waals surface area contributed by atoms with Crippen molar-refractivity contribution in [1.82, 2.24) is 0 Å². The first kappa shape index (κ1) is 20.0. The number of benzene rings is 2. The van der Waals surface area contributed by atoms with Gasteiger partial charge < -0.3 is 7.59 Å². The van der Waals surface area contributed by atoms with Gasteiger partial charge in [-0.1, -0.05) is 15.9 Å². The van der Waals surface area contributed by atoms with Gasteiger partial charge in [0.2, 0.25) is 0 Å². The Kier molecular flexibility index (Phi) is 6.33. The zero-order valence-electron chi connectivity index (χ0n) is 12.9. The average Bonchev–Trinajstić information content (AvgIpc) is 2.33. The van der Waals surface area contributed by atoms with E-state index in [1.54, 1.807) is 0 Å². The van der Waals surface area contributed by atoms with E-state index in [4.69, 9.17) is 0 Å². The molecule has 0 spiro atoms. The molecule has 10 heteroatoms.